The van der Waals surface area contributed by atoms with Gasteiger partial charge in [0.25, 0.3) is 0 Å². The third kappa shape index (κ3) is 2.97. The predicted molar refractivity (Wildman–Crippen MR) is 59.4 cm³/mol. The first-order chi connectivity index (χ1) is 6.41. The Bertz CT molecular complexity index is 330. The molecule has 3 nitrogen and oxygen atoms in total. The molecule has 0 saturated carbocycles. The molecule has 5 heteroatoms. The number of hydrogen-bond acceptors (Lipinski definition) is 3. The van der Waals surface area contributed by atoms with Gasteiger partial charge in [0.2, 0.25) is 5.91 Å². The van der Waals surface area contributed by atoms with E-state index in [1.807, 2.05) is 11.4 Å². The van der Waals surface area contributed by atoms with Gasteiger partial charge < -0.3 is 11.1 Å². The SMILES string of the molecule is CC(C)(N)C(=O)NCc1ccsc1Cl. The van der Waals surface area contributed by atoms with Crippen LogP contribution in [-0.4, -0.2) is 11.4 Å². The minimum Gasteiger partial charge on any atom is -0.350 e. The summed E-state index contributed by atoms with van der Waals surface area (Å²) in [6.07, 6.45) is 0. The second-order valence-corrected chi connectivity index (χ2v) is 5.14. The predicted octanol–water partition coefficient (Wildman–Crippen LogP) is 1.75. The molecule has 0 radical (unpaired) electrons. The molecule has 0 aromatic carbocycles. The van der Waals surface area contributed by atoms with Crippen molar-refractivity contribution in [1.82, 2.24) is 5.32 Å². The number of nitrogens with two attached hydrogens (primary N) is 1. The molecule has 0 spiro atoms. The zero-order chi connectivity index (χ0) is 10.8. The smallest absolute Gasteiger partial charge is 0.239 e. The molecule has 14 heavy (non-hydrogen) atoms. The summed E-state index contributed by atoms with van der Waals surface area (Å²) >= 11 is 7.32. The summed E-state index contributed by atoms with van der Waals surface area (Å²) in [6, 6.07) is 1.89. The van der Waals surface area contributed by atoms with E-state index in [2.05, 4.69) is 5.32 Å². The Morgan fingerprint density at radius 1 is 1.71 bits per heavy atom. The molecule has 1 amide bonds. The van der Waals surface area contributed by atoms with Crippen molar-refractivity contribution in [1.29, 1.82) is 0 Å². The van der Waals surface area contributed by atoms with Gasteiger partial charge in [0.15, 0.2) is 0 Å². The quantitative estimate of drug-likeness (QED) is 0.835. The highest BCUT2D eigenvalue weighted by molar-refractivity contribution is 7.14. The van der Waals surface area contributed by atoms with E-state index in [0.717, 1.165) is 5.56 Å². The second-order valence-electron chi connectivity index (χ2n) is 3.62. The van der Waals surface area contributed by atoms with Gasteiger partial charge in [-0.2, -0.15) is 0 Å². The van der Waals surface area contributed by atoms with Gasteiger partial charge in [0, 0.05) is 12.1 Å². The maximum atomic E-state index is 11.4. The third-order valence-electron chi connectivity index (χ3n) is 1.72. The molecule has 0 aliphatic heterocycles. The van der Waals surface area contributed by atoms with Crippen LogP contribution in [0.4, 0.5) is 0 Å². The van der Waals surface area contributed by atoms with E-state index in [4.69, 9.17) is 17.3 Å². The zero-order valence-corrected chi connectivity index (χ0v) is 9.71. The van der Waals surface area contributed by atoms with Crippen molar-refractivity contribution >= 4 is 28.8 Å². The number of rotatable bonds is 3. The second kappa shape index (κ2) is 4.29. The van der Waals surface area contributed by atoms with E-state index in [1.54, 1.807) is 13.8 Å². The average Bonchev–Trinajstić information content (AvgIpc) is 2.45. The fourth-order valence-corrected chi connectivity index (χ4v) is 1.78. The van der Waals surface area contributed by atoms with Gasteiger partial charge in [0.05, 0.1) is 9.88 Å². The van der Waals surface area contributed by atoms with Crippen molar-refractivity contribution in [2.24, 2.45) is 5.73 Å². The van der Waals surface area contributed by atoms with Crippen LogP contribution in [0, 0.1) is 0 Å². The Morgan fingerprint density at radius 3 is 2.79 bits per heavy atom. The Balaban J connectivity index is 2.50. The molecule has 3 N–H and O–H groups in total. The van der Waals surface area contributed by atoms with Crippen molar-refractivity contribution in [3.63, 3.8) is 0 Å². The fraction of sp³-hybridized carbons (Fsp3) is 0.444. The highest BCUT2D eigenvalue weighted by Gasteiger charge is 2.21. The highest BCUT2D eigenvalue weighted by atomic mass is 35.5. The van der Waals surface area contributed by atoms with Gasteiger partial charge in [-0.15, -0.1) is 11.3 Å². The Labute approximate surface area is 92.3 Å². The summed E-state index contributed by atoms with van der Waals surface area (Å²) in [5.74, 6) is -0.181. The van der Waals surface area contributed by atoms with Crippen molar-refractivity contribution in [2.45, 2.75) is 25.9 Å². The van der Waals surface area contributed by atoms with Gasteiger partial charge in [-0.25, -0.2) is 0 Å². The molecular weight excluding hydrogens is 220 g/mol. The van der Waals surface area contributed by atoms with Crippen LogP contribution in [0.2, 0.25) is 4.34 Å². The van der Waals surface area contributed by atoms with E-state index in [0.29, 0.717) is 10.9 Å². The first-order valence-electron chi connectivity index (χ1n) is 4.20. The van der Waals surface area contributed by atoms with Crippen LogP contribution in [0.15, 0.2) is 11.4 Å². The van der Waals surface area contributed by atoms with Gasteiger partial charge in [-0.3, -0.25) is 4.79 Å². The molecule has 0 unspecified atom stereocenters. The molecule has 1 rings (SSSR count). The first kappa shape index (κ1) is 11.5. The van der Waals surface area contributed by atoms with Crippen molar-refractivity contribution in [2.75, 3.05) is 0 Å². The standard InChI is InChI=1S/C9H13ClN2OS/c1-9(2,11)8(13)12-5-6-3-4-14-7(6)10/h3-4H,5,11H2,1-2H3,(H,12,13). The van der Waals surface area contributed by atoms with Gasteiger partial charge >= 0.3 is 0 Å². The molecular formula is C9H13ClN2OS. The molecule has 0 bridgehead atoms. The van der Waals surface area contributed by atoms with E-state index in [-0.39, 0.29) is 5.91 Å². The van der Waals surface area contributed by atoms with E-state index >= 15 is 0 Å². The Morgan fingerprint density at radius 2 is 2.36 bits per heavy atom. The molecule has 0 aliphatic carbocycles. The lowest BCUT2D eigenvalue weighted by Crippen LogP contribution is -2.48. The Hall–Kier alpha value is -0.580. The van der Waals surface area contributed by atoms with Crippen LogP contribution < -0.4 is 11.1 Å². The lowest BCUT2D eigenvalue weighted by molar-refractivity contribution is -0.125. The summed E-state index contributed by atoms with van der Waals surface area (Å²) in [6.45, 7) is 3.76. The number of hydrogen-bond donors (Lipinski definition) is 2. The molecule has 0 aliphatic rings. The summed E-state index contributed by atoms with van der Waals surface area (Å²) in [5, 5.41) is 4.61. The van der Waals surface area contributed by atoms with Crippen molar-refractivity contribution < 1.29 is 4.79 Å². The fourth-order valence-electron chi connectivity index (χ4n) is 0.849. The van der Waals surface area contributed by atoms with E-state index in [9.17, 15) is 4.79 Å². The molecule has 0 saturated heterocycles. The van der Waals surface area contributed by atoms with E-state index < -0.39 is 5.54 Å². The number of carbonyl (C=O) groups excluding carboxylic acids is 1. The monoisotopic (exact) mass is 232 g/mol. The van der Waals surface area contributed by atoms with Crippen LogP contribution in [0.25, 0.3) is 0 Å². The Kier molecular flexibility index (Phi) is 3.53. The molecule has 78 valence electrons. The minimum absolute atomic E-state index is 0.181. The minimum atomic E-state index is -0.845. The van der Waals surface area contributed by atoms with Gasteiger partial charge in [-0.05, 0) is 25.3 Å². The molecule has 1 aromatic rings. The molecule has 0 atom stereocenters. The van der Waals surface area contributed by atoms with Crippen LogP contribution >= 0.6 is 22.9 Å². The number of amides is 1. The summed E-state index contributed by atoms with van der Waals surface area (Å²) in [5.41, 5.74) is 5.69. The third-order valence-corrected chi connectivity index (χ3v) is 2.97. The molecule has 0 fully saturated rings. The number of thiophene rings is 1. The maximum Gasteiger partial charge on any atom is 0.239 e. The van der Waals surface area contributed by atoms with Crippen LogP contribution in [0.3, 0.4) is 0 Å². The normalized spacial score (nSPS) is 11.4. The number of halogens is 1. The van der Waals surface area contributed by atoms with Crippen LogP contribution in [0.1, 0.15) is 19.4 Å². The average molecular weight is 233 g/mol. The van der Waals surface area contributed by atoms with Crippen molar-refractivity contribution in [3.8, 4) is 0 Å². The maximum absolute atomic E-state index is 11.4. The summed E-state index contributed by atoms with van der Waals surface area (Å²) < 4.78 is 0.708. The number of carbonyl (C=O) groups is 1. The highest BCUT2D eigenvalue weighted by Crippen LogP contribution is 2.22. The van der Waals surface area contributed by atoms with Crippen LogP contribution in [-0.2, 0) is 11.3 Å². The first-order valence-corrected chi connectivity index (χ1v) is 5.46. The largest absolute Gasteiger partial charge is 0.350 e. The summed E-state index contributed by atoms with van der Waals surface area (Å²) in [4.78, 5) is 11.4. The number of nitrogens with one attached hydrogen (secondary N) is 1. The van der Waals surface area contributed by atoms with Gasteiger partial charge in [-0.1, -0.05) is 11.6 Å². The molecule has 1 heterocycles. The topological polar surface area (TPSA) is 55.1 Å². The van der Waals surface area contributed by atoms with E-state index in [1.165, 1.54) is 11.3 Å². The lowest BCUT2D eigenvalue weighted by Gasteiger charge is -2.17. The summed E-state index contributed by atoms with van der Waals surface area (Å²) in [7, 11) is 0. The zero-order valence-electron chi connectivity index (χ0n) is 8.13. The molecule has 1 aromatic heterocycles. The van der Waals surface area contributed by atoms with Crippen molar-refractivity contribution in [3.05, 3.63) is 21.3 Å². The van der Waals surface area contributed by atoms with Crippen LogP contribution in [0.5, 0.6) is 0 Å². The van der Waals surface area contributed by atoms with Gasteiger partial charge in [0.1, 0.15) is 0 Å². The lowest BCUT2D eigenvalue weighted by atomic mass is 10.1.